The van der Waals surface area contributed by atoms with Crippen molar-refractivity contribution in [2.75, 3.05) is 12.0 Å². The first kappa shape index (κ1) is 23.9. The maximum atomic E-state index is 13.5. The van der Waals surface area contributed by atoms with Crippen LogP contribution in [0, 0.1) is 10.1 Å². The van der Waals surface area contributed by atoms with Crippen molar-refractivity contribution in [2.45, 2.75) is 6.54 Å². The third-order valence-corrected chi connectivity index (χ3v) is 6.31. The molecule has 0 radical (unpaired) electrons. The number of nitro groups is 1. The molecule has 1 fully saturated rings. The smallest absolute Gasteiger partial charge is 0.270 e. The molecule has 1 aliphatic heterocycles. The van der Waals surface area contributed by atoms with Gasteiger partial charge in [0.05, 0.1) is 17.7 Å². The first-order chi connectivity index (χ1) is 17.9. The minimum Gasteiger partial charge on any atom is -0.495 e. The van der Waals surface area contributed by atoms with Gasteiger partial charge in [-0.05, 0) is 42.1 Å². The van der Waals surface area contributed by atoms with Crippen molar-refractivity contribution >= 4 is 57.5 Å². The number of carbonyl (C=O) groups excluding carboxylic acids is 2. The predicted molar refractivity (Wildman–Crippen MR) is 143 cm³/mol. The quantitative estimate of drug-likeness (QED) is 0.135. The van der Waals surface area contributed by atoms with Crippen LogP contribution in [0.15, 0.2) is 84.6 Å². The third-order valence-electron chi connectivity index (χ3n) is 6.02. The van der Waals surface area contributed by atoms with Crippen LogP contribution in [0.1, 0.15) is 11.1 Å². The summed E-state index contributed by atoms with van der Waals surface area (Å²) in [5.74, 6) is -0.743. The molecule has 0 saturated carbocycles. The molecule has 2 amide bonds. The molecule has 3 aromatic carbocycles. The van der Waals surface area contributed by atoms with Crippen LogP contribution in [-0.4, -0.2) is 33.5 Å². The third kappa shape index (κ3) is 4.45. The molecule has 1 aliphatic rings. The zero-order valence-corrected chi connectivity index (χ0v) is 20.4. The monoisotopic (exact) mass is 512 g/mol. The fourth-order valence-corrected chi connectivity index (χ4v) is 4.61. The SMILES string of the molecule is COc1ccccc1N1C(=O)/C(=C/c2cn(Cc3cccc([N+](=O)[O-])c3)c3ccccc23)C(=O)NC1=S. The zero-order valence-electron chi connectivity index (χ0n) is 19.6. The molecular formula is C27H20N4O5S. The Hall–Kier alpha value is -4.83. The van der Waals surface area contributed by atoms with E-state index >= 15 is 0 Å². The molecular weight excluding hydrogens is 492 g/mol. The Bertz CT molecular complexity index is 1620. The van der Waals surface area contributed by atoms with Crippen LogP contribution in [0.2, 0.25) is 0 Å². The van der Waals surface area contributed by atoms with Crippen LogP contribution >= 0.6 is 12.2 Å². The standard InChI is InChI=1S/C27H20N4O5S/c1-36-24-12-5-4-11-23(24)30-26(33)21(25(32)28-27(30)37)14-18-16-29(22-10-3-2-9-20(18)22)15-17-7-6-8-19(13-17)31(34)35/h2-14,16H,15H2,1H3,(H,28,32,37)/b21-14+. The Kier molecular flexibility index (Phi) is 6.24. The second kappa shape index (κ2) is 9.67. The number of carbonyl (C=O) groups is 2. The Labute approximate surface area is 216 Å². The summed E-state index contributed by atoms with van der Waals surface area (Å²) in [5.41, 5.74) is 2.58. The van der Waals surface area contributed by atoms with Crippen molar-refractivity contribution in [3.8, 4) is 5.75 Å². The number of methoxy groups -OCH3 is 1. The van der Waals surface area contributed by atoms with E-state index in [1.54, 1.807) is 30.3 Å². The topological polar surface area (TPSA) is 107 Å². The van der Waals surface area contributed by atoms with Gasteiger partial charge in [0.15, 0.2) is 5.11 Å². The maximum Gasteiger partial charge on any atom is 0.270 e. The maximum absolute atomic E-state index is 13.5. The van der Waals surface area contributed by atoms with Crippen molar-refractivity contribution in [3.63, 3.8) is 0 Å². The molecule has 0 aliphatic carbocycles. The summed E-state index contributed by atoms with van der Waals surface area (Å²) >= 11 is 5.31. The minimum atomic E-state index is -0.600. The molecule has 0 atom stereocenters. The molecule has 4 aromatic rings. The van der Waals surface area contributed by atoms with Gasteiger partial charge in [-0.3, -0.25) is 25.0 Å². The lowest BCUT2D eigenvalue weighted by Gasteiger charge is -2.29. The Balaban J connectivity index is 1.57. The highest BCUT2D eigenvalue weighted by molar-refractivity contribution is 7.80. The number of para-hydroxylation sites is 3. The van der Waals surface area contributed by atoms with Gasteiger partial charge in [-0.1, -0.05) is 42.5 Å². The molecule has 10 heteroatoms. The van der Waals surface area contributed by atoms with Crippen molar-refractivity contribution in [2.24, 2.45) is 0 Å². The number of ether oxygens (including phenoxy) is 1. The molecule has 5 rings (SSSR count). The van der Waals surface area contributed by atoms with Crippen LogP contribution in [0.25, 0.3) is 17.0 Å². The van der Waals surface area contributed by atoms with Crippen molar-refractivity contribution < 1.29 is 19.2 Å². The molecule has 1 N–H and O–H groups in total. The number of fused-ring (bicyclic) bond motifs is 1. The van der Waals surface area contributed by atoms with Crippen LogP contribution in [0.5, 0.6) is 5.75 Å². The lowest BCUT2D eigenvalue weighted by molar-refractivity contribution is -0.384. The van der Waals surface area contributed by atoms with Gasteiger partial charge in [0, 0.05) is 41.3 Å². The summed E-state index contributed by atoms with van der Waals surface area (Å²) in [5, 5.41) is 14.6. The van der Waals surface area contributed by atoms with Gasteiger partial charge in [-0.25, -0.2) is 4.90 Å². The first-order valence-electron chi connectivity index (χ1n) is 11.2. The zero-order chi connectivity index (χ0) is 26.1. The number of nitrogens with zero attached hydrogens (tertiary/aromatic N) is 3. The van der Waals surface area contributed by atoms with E-state index in [4.69, 9.17) is 17.0 Å². The van der Waals surface area contributed by atoms with Crippen molar-refractivity contribution in [1.82, 2.24) is 9.88 Å². The Morgan fingerprint density at radius 2 is 1.81 bits per heavy atom. The van der Waals surface area contributed by atoms with Crippen LogP contribution < -0.4 is 15.0 Å². The minimum absolute atomic E-state index is 0.00757. The summed E-state index contributed by atoms with van der Waals surface area (Å²) < 4.78 is 7.31. The number of hydrogen-bond donors (Lipinski definition) is 1. The average Bonchev–Trinajstić information content (AvgIpc) is 3.24. The molecule has 0 bridgehead atoms. The van der Waals surface area contributed by atoms with Gasteiger partial charge < -0.3 is 9.30 Å². The van der Waals surface area contributed by atoms with E-state index in [2.05, 4.69) is 5.32 Å². The fraction of sp³-hybridized carbons (Fsp3) is 0.0741. The number of benzene rings is 3. The fourth-order valence-electron chi connectivity index (χ4n) is 4.33. The van der Waals surface area contributed by atoms with Gasteiger partial charge in [-0.15, -0.1) is 0 Å². The molecule has 37 heavy (non-hydrogen) atoms. The molecule has 184 valence electrons. The summed E-state index contributed by atoms with van der Waals surface area (Å²) in [6, 6.07) is 20.9. The molecule has 2 heterocycles. The van der Waals surface area contributed by atoms with Gasteiger partial charge in [-0.2, -0.15) is 0 Å². The second-order valence-electron chi connectivity index (χ2n) is 8.29. The highest BCUT2D eigenvalue weighted by Gasteiger charge is 2.36. The van der Waals surface area contributed by atoms with Gasteiger partial charge >= 0.3 is 0 Å². The van der Waals surface area contributed by atoms with Crippen molar-refractivity contribution in [1.29, 1.82) is 0 Å². The van der Waals surface area contributed by atoms with E-state index in [-0.39, 0.29) is 16.4 Å². The lowest BCUT2D eigenvalue weighted by atomic mass is 10.1. The largest absolute Gasteiger partial charge is 0.495 e. The normalized spacial score (nSPS) is 14.8. The van der Waals surface area contributed by atoms with E-state index in [0.29, 0.717) is 23.5 Å². The summed E-state index contributed by atoms with van der Waals surface area (Å²) in [4.78, 5) is 38.4. The average molecular weight is 513 g/mol. The summed E-state index contributed by atoms with van der Waals surface area (Å²) in [6.07, 6.45) is 3.35. The van der Waals surface area contributed by atoms with Crippen LogP contribution in [0.4, 0.5) is 11.4 Å². The van der Waals surface area contributed by atoms with E-state index in [9.17, 15) is 19.7 Å². The predicted octanol–water partition coefficient (Wildman–Crippen LogP) is 4.44. The molecule has 1 aromatic heterocycles. The number of non-ortho nitro benzene ring substituents is 1. The molecule has 0 unspecified atom stereocenters. The number of hydrogen-bond acceptors (Lipinski definition) is 6. The number of amides is 2. The Morgan fingerprint density at radius 1 is 1.05 bits per heavy atom. The van der Waals surface area contributed by atoms with E-state index in [0.717, 1.165) is 16.5 Å². The highest BCUT2D eigenvalue weighted by atomic mass is 32.1. The molecule has 0 spiro atoms. The molecule has 9 nitrogen and oxygen atoms in total. The number of nitrogens with one attached hydrogen (secondary N) is 1. The number of anilines is 1. The number of aromatic nitrogens is 1. The number of thiocarbonyl (C=S) groups is 1. The highest BCUT2D eigenvalue weighted by Crippen LogP contribution is 2.32. The second-order valence-corrected chi connectivity index (χ2v) is 8.67. The lowest BCUT2D eigenvalue weighted by Crippen LogP contribution is -2.54. The van der Waals surface area contributed by atoms with E-state index in [1.165, 1.54) is 30.2 Å². The Morgan fingerprint density at radius 3 is 2.59 bits per heavy atom. The van der Waals surface area contributed by atoms with E-state index < -0.39 is 16.7 Å². The summed E-state index contributed by atoms with van der Waals surface area (Å²) in [7, 11) is 1.49. The summed E-state index contributed by atoms with van der Waals surface area (Å²) in [6.45, 7) is 0.364. The van der Waals surface area contributed by atoms with Gasteiger partial charge in [0.2, 0.25) is 0 Å². The molecule has 1 saturated heterocycles. The van der Waals surface area contributed by atoms with Crippen LogP contribution in [-0.2, 0) is 16.1 Å². The first-order valence-corrected chi connectivity index (χ1v) is 11.6. The van der Waals surface area contributed by atoms with Gasteiger partial charge in [0.25, 0.3) is 17.5 Å². The van der Waals surface area contributed by atoms with Gasteiger partial charge in [0.1, 0.15) is 11.3 Å². The van der Waals surface area contributed by atoms with Crippen molar-refractivity contribution in [3.05, 3.63) is 106 Å². The number of rotatable bonds is 6. The number of nitro benzene ring substituents is 1. The van der Waals surface area contributed by atoms with Crippen LogP contribution in [0.3, 0.4) is 0 Å². The van der Waals surface area contributed by atoms with E-state index in [1.807, 2.05) is 41.1 Å².